The molecule has 1 unspecified atom stereocenters. The fourth-order valence-electron chi connectivity index (χ4n) is 1.63. The summed E-state index contributed by atoms with van der Waals surface area (Å²) < 4.78 is 49.7. The fraction of sp³-hybridized carbons (Fsp3) is 0.333. The molecule has 18 heavy (non-hydrogen) atoms. The van der Waals surface area contributed by atoms with Crippen LogP contribution in [-0.4, -0.2) is 11.3 Å². The summed E-state index contributed by atoms with van der Waals surface area (Å²) in [5, 5.41) is 10.4. The lowest BCUT2D eigenvalue weighted by Crippen LogP contribution is -2.09. The first-order chi connectivity index (χ1) is 8.35. The van der Waals surface area contributed by atoms with Gasteiger partial charge in [0.2, 0.25) is 0 Å². The van der Waals surface area contributed by atoms with Crippen molar-refractivity contribution < 1.29 is 22.7 Å². The van der Waals surface area contributed by atoms with Crippen LogP contribution in [0.2, 0.25) is 0 Å². The molecule has 0 radical (unpaired) electrons. The molecule has 1 aromatic carbocycles. The van der Waals surface area contributed by atoms with Gasteiger partial charge in [0.25, 0.3) is 0 Å². The van der Waals surface area contributed by atoms with Gasteiger partial charge in [-0.2, -0.15) is 13.2 Å². The van der Waals surface area contributed by atoms with E-state index in [4.69, 9.17) is 0 Å². The lowest BCUT2D eigenvalue weighted by molar-refractivity contribution is -0.140. The molecule has 0 amide bonds. The van der Waals surface area contributed by atoms with Crippen LogP contribution in [0.5, 0.6) is 0 Å². The topological polar surface area (TPSA) is 20.2 Å². The molecule has 0 spiro atoms. The van der Waals surface area contributed by atoms with Gasteiger partial charge in [-0.25, -0.2) is 4.39 Å². The van der Waals surface area contributed by atoms with Crippen molar-refractivity contribution in [2.75, 3.05) is 0 Å². The molecule has 0 aliphatic rings. The van der Waals surface area contributed by atoms with Crippen molar-refractivity contribution in [3.63, 3.8) is 0 Å². The van der Waals surface area contributed by atoms with Gasteiger partial charge in [0.1, 0.15) is 5.82 Å². The van der Waals surface area contributed by atoms with Crippen molar-refractivity contribution in [1.82, 2.24) is 0 Å². The Labute approximate surface area is 105 Å². The molecule has 0 saturated carbocycles. The normalized spacial score (nSPS) is 14.1. The van der Waals surface area contributed by atoms with Crippen LogP contribution in [0.4, 0.5) is 17.6 Å². The highest BCUT2D eigenvalue weighted by Gasteiger charge is 2.28. The summed E-state index contributed by atoms with van der Waals surface area (Å²) in [6, 6.07) is 5.72. The highest BCUT2D eigenvalue weighted by atomic mass is 32.1. The van der Waals surface area contributed by atoms with E-state index in [0.717, 1.165) is 16.7 Å². The van der Waals surface area contributed by atoms with Crippen molar-refractivity contribution in [3.05, 3.63) is 35.0 Å². The Morgan fingerprint density at radius 2 is 1.94 bits per heavy atom. The average Bonchev–Trinajstić information content (AvgIpc) is 2.67. The first-order valence-electron chi connectivity index (χ1n) is 5.29. The van der Waals surface area contributed by atoms with Crippen LogP contribution in [0, 0.1) is 5.82 Å². The first-order valence-corrected chi connectivity index (χ1v) is 6.10. The van der Waals surface area contributed by atoms with Crippen molar-refractivity contribution in [1.29, 1.82) is 0 Å². The summed E-state index contributed by atoms with van der Waals surface area (Å²) in [5.74, 6) is -0.402. The molecule has 0 saturated heterocycles. The van der Waals surface area contributed by atoms with Crippen LogP contribution in [0.25, 0.3) is 10.1 Å². The van der Waals surface area contributed by atoms with E-state index in [1.807, 2.05) is 0 Å². The second-order valence-corrected chi connectivity index (χ2v) is 5.12. The highest BCUT2D eigenvalue weighted by Crippen LogP contribution is 2.34. The number of thiophene rings is 1. The van der Waals surface area contributed by atoms with E-state index >= 15 is 0 Å². The molecule has 1 aromatic heterocycles. The Morgan fingerprint density at radius 3 is 2.61 bits per heavy atom. The number of aliphatic hydroxyl groups excluding tert-OH is 1. The Kier molecular flexibility index (Phi) is 3.59. The number of hydrogen-bond acceptors (Lipinski definition) is 2. The van der Waals surface area contributed by atoms with Crippen molar-refractivity contribution in [3.8, 4) is 0 Å². The molecule has 1 nitrogen and oxygen atoms in total. The van der Waals surface area contributed by atoms with E-state index < -0.39 is 24.5 Å². The molecule has 2 aromatic rings. The molecule has 6 heteroatoms. The third-order valence-corrected chi connectivity index (χ3v) is 3.73. The van der Waals surface area contributed by atoms with Gasteiger partial charge in [-0.15, -0.1) is 11.3 Å². The van der Waals surface area contributed by atoms with Gasteiger partial charge in [-0.05, 0) is 30.0 Å². The van der Waals surface area contributed by atoms with Crippen LogP contribution >= 0.6 is 11.3 Å². The van der Waals surface area contributed by atoms with Gasteiger partial charge in [0, 0.05) is 16.0 Å². The number of halogens is 4. The number of alkyl halides is 3. The molecule has 0 aliphatic carbocycles. The van der Waals surface area contributed by atoms with Gasteiger partial charge >= 0.3 is 6.18 Å². The minimum atomic E-state index is -4.27. The average molecular weight is 278 g/mol. The van der Waals surface area contributed by atoms with Crippen molar-refractivity contribution in [2.45, 2.75) is 25.1 Å². The first kappa shape index (κ1) is 13.3. The van der Waals surface area contributed by atoms with Crippen LogP contribution < -0.4 is 0 Å². The number of aliphatic hydroxyl groups is 1. The smallest absolute Gasteiger partial charge is 0.388 e. The maximum Gasteiger partial charge on any atom is 0.389 e. The van der Waals surface area contributed by atoms with E-state index in [1.54, 1.807) is 12.1 Å². The largest absolute Gasteiger partial charge is 0.389 e. The zero-order valence-corrected chi connectivity index (χ0v) is 9.98. The van der Waals surface area contributed by atoms with E-state index in [9.17, 15) is 22.7 Å². The Bertz CT molecular complexity index is 546. The number of fused-ring (bicyclic) bond motifs is 1. The van der Waals surface area contributed by atoms with Gasteiger partial charge in [0.15, 0.2) is 0 Å². The van der Waals surface area contributed by atoms with Crippen LogP contribution in [-0.2, 0) is 0 Å². The van der Waals surface area contributed by atoms with E-state index in [1.165, 1.54) is 12.1 Å². The quantitative estimate of drug-likeness (QED) is 0.824. The lowest BCUT2D eigenvalue weighted by atomic mass is 10.1. The second-order valence-electron chi connectivity index (χ2n) is 4.00. The lowest BCUT2D eigenvalue weighted by Gasteiger charge is -2.10. The third kappa shape index (κ3) is 3.20. The number of hydrogen-bond donors (Lipinski definition) is 1. The van der Waals surface area contributed by atoms with Crippen LogP contribution in [0.1, 0.15) is 23.8 Å². The van der Waals surface area contributed by atoms with Gasteiger partial charge in [-0.3, -0.25) is 0 Å². The van der Waals surface area contributed by atoms with Crippen LogP contribution in [0.3, 0.4) is 0 Å². The van der Waals surface area contributed by atoms with E-state index in [2.05, 4.69) is 0 Å². The predicted molar refractivity (Wildman–Crippen MR) is 62.0 cm³/mol. The maximum atomic E-state index is 12.9. The molecular formula is C12H10F4OS. The zero-order chi connectivity index (χ0) is 13.3. The molecule has 0 fully saturated rings. The summed E-state index contributed by atoms with van der Waals surface area (Å²) in [5.41, 5.74) is 0. The minimum absolute atomic E-state index is 0.376. The molecule has 2 rings (SSSR count). The van der Waals surface area contributed by atoms with Crippen molar-refractivity contribution >= 4 is 21.4 Å². The van der Waals surface area contributed by atoms with Gasteiger partial charge in [-0.1, -0.05) is 6.07 Å². The fourth-order valence-corrected chi connectivity index (χ4v) is 2.74. The van der Waals surface area contributed by atoms with Gasteiger partial charge < -0.3 is 5.11 Å². The van der Waals surface area contributed by atoms with Crippen molar-refractivity contribution in [2.24, 2.45) is 0 Å². The molecular weight excluding hydrogens is 268 g/mol. The third-order valence-electron chi connectivity index (χ3n) is 2.53. The number of rotatable bonds is 3. The standard InChI is InChI=1S/C12H10F4OS/c13-8-2-1-7-5-11(18-10(7)6-8)9(17)3-4-12(14,15)16/h1-2,5-6,9,17H,3-4H2. The molecule has 1 heterocycles. The summed E-state index contributed by atoms with van der Waals surface area (Å²) >= 11 is 1.11. The summed E-state index contributed by atoms with van der Waals surface area (Å²) in [4.78, 5) is 0.430. The molecule has 98 valence electrons. The molecule has 0 bridgehead atoms. The summed E-state index contributed by atoms with van der Waals surface area (Å²) in [6.07, 6.45) is -6.84. The van der Waals surface area contributed by atoms with Crippen LogP contribution in [0.15, 0.2) is 24.3 Å². The second kappa shape index (κ2) is 4.85. The minimum Gasteiger partial charge on any atom is -0.388 e. The maximum absolute atomic E-state index is 12.9. The van der Waals surface area contributed by atoms with E-state index in [0.29, 0.717) is 9.58 Å². The Balaban J connectivity index is 2.15. The molecule has 0 aliphatic heterocycles. The monoisotopic (exact) mass is 278 g/mol. The number of benzene rings is 1. The highest BCUT2D eigenvalue weighted by molar-refractivity contribution is 7.19. The SMILES string of the molecule is OC(CCC(F)(F)F)c1cc2ccc(F)cc2s1. The molecule has 1 atom stereocenters. The Morgan fingerprint density at radius 1 is 1.22 bits per heavy atom. The Hall–Kier alpha value is -1.14. The van der Waals surface area contributed by atoms with E-state index in [-0.39, 0.29) is 6.42 Å². The summed E-state index contributed by atoms with van der Waals surface area (Å²) in [7, 11) is 0. The zero-order valence-electron chi connectivity index (χ0n) is 9.17. The summed E-state index contributed by atoms with van der Waals surface area (Å²) in [6.45, 7) is 0. The predicted octanol–water partition coefficient (Wildman–Crippen LogP) is 4.42. The van der Waals surface area contributed by atoms with Gasteiger partial charge in [0.05, 0.1) is 6.10 Å². The molecule has 1 N–H and O–H groups in total.